The van der Waals surface area contributed by atoms with Crippen LogP contribution in [0.2, 0.25) is 0 Å². The highest BCUT2D eigenvalue weighted by molar-refractivity contribution is 5.94. The number of carbonyl (C=O) groups excluding carboxylic acids is 1. The van der Waals surface area contributed by atoms with Gasteiger partial charge in [0.05, 0.1) is 34.2 Å². The zero-order valence-corrected chi connectivity index (χ0v) is 19.6. The van der Waals surface area contributed by atoms with Crippen molar-refractivity contribution in [3.05, 3.63) is 63.3 Å². The molecule has 0 bridgehead atoms. The zero-order valence-electron chi connectivity index (χ0n) is 19.6. The lowest BCUT2D eigenvalue weighted by Gasteiger charge is -2.35. The number of nitrogens with one attached hydrogen (secondary N) is 1. The third kappa shape index (κ3) is 5.29. The molecule has 8 nitrogen and oxygen atoms in total. The number of alkyl halides is 3. The first kappa shape index (κ1) is 24.6. The van der Waals surface area contributed by atoms with E-state index in [9.17, 15) is 22.8 Å². The molecular formula is C24H25F3N4O4. The molecule has 4 rings (SSSR count). The number of benzene rings is 1. The number of hydrogen-bond acceptors (Lipinski definition) is 6. The fourth-order valence-corrected chi connectivity index (χ4v) is 4.25. The van der Waals surface area contributed by atoms with Crippen LogP contribution >= 0.6 is 0 Å². The van der Waals surface area contributed by atoms with E-state index in [1.54, 1.807) is 4.90 Å². The molecule has 186 valence electrons. The summed E-state index contributed by atoms with van der Waals surface area (Å²) >= 11 is 0. The smallest absolute Gasteiger partial charge is 0.416 e. The van der Waals surface area contributed by atoms with Crippen molar-refractivity contribution in [2.24, 2.45) is 0 Å². The maximum Gasteiger partial charge on any atom is 0.416 e. The summed E-state index contributed by atoms with van der Waals surface area (Å²) < 4.78 is 52.8. The summed E-state index contributed by atoms with van der Waals surface area (Å²) in [6.45, 7) is 7.61. The van der Waals surface area contributed by atoms with Gasteiger partial charge in [0.15, 0.2) is 0 Å². The predicted octanol–water partition coefficient (Wildman–Crippen LogP) is 4.03. The second kappa shape index (κ2) is 9.29. The summed E-state index contributed by atoms with van der Waals surface area (Å²) in [6.07, 6.45) is -4.62. The molecule has 1 fully saturated rings. The number of aromatic nitrogens is 3. The number of rotatable bonds is 4. The van der Waals surface area contributed by atoms with Gasteiger partial charge in [-0.3, -0.25) is 9.59 Å². The van der Waals surface area contributed by atoms with Gasteiger partial charge in [-0.2, -0.15) is 13.2 Å². The molecule has 1 aromatic carbocycles. The molecule has 1 amide bonds. The van der Waals surface area contributed by atoms with Gasteiger partial charge < -0.3 is 19.4 Å². The van der Waals surface area contributed by atoms with Crippen molar-refractivity contribution in [3.8, 4) is 5.88 Å². The maximum atomic E-state index is 13.8. The summed E-state index contributed by atoms with van der Waals surface area (Å²) in [5, 5.41) is 0.0249. The van der Waals surface area contributed by atoms with Crippen molar-refractivity contribution < 1.29 is 27.4 Å². The lowest BCUT2D eigenvalue weighted by molar-refractivity contribution is -0.138. The Kier molecular flexibility index (Phi) is 6.54. The minimum absolute atomic E-state index is 0.0249. The Morgan fingerprint density at radius 1 is 1.23 bits per heavy atom. The van der Waals surface area contributed by atoms with E-state index in [2.05, 4.69) is 15.0 Å². The van der Waals surface area contributed by atoms with Gasteiger partial charge in [-0.25, -0.2) is 9.97 Å². The second-order valence-corrected chi connectivity index (χ2v) is 8.72. The van der Waals surface area contributed by atoms with Gasteiger partial charge in [0.25, 0.3) is 11.5 Å². The largest absolute Gasteiger partial charge is 0.470 e. The molecule has 1 aliphatic heterocycles. The van der Waals surface area contributed by atoms with Crippen molar-refractivity contribution in [2.75, 3.05) is 13.1 Å². The topological polar surface area (TPSA) is 97.4 Å². The highest BCUT2D eigenvalue weighted by Crippen LogP contribution is 2.37. The van der Waals surface area contributed by atoms with Crippen LogP contribution in [0.1, 0.15) is 54.2 Å². The van der Waals surface area contributed by atoms with Crippen LogP contribution in [0, 0.1) is 6.92 Å². The molecule has 0 spiro atoms. The van der Waals surface area contributed by atoms with E-state index in [4.69, 9.17) is 9.47 Å². The Morgan fingerprint density at radius 3 is 2.51 bits per heavy atom. The minimum atomic E-state index is -4.69. The highest BCUT2D eigenvalue weighted by atomic mass is 19.4. The number of morpholine rings is 1. The third-order valence-corrected chi connectivity index (χ3v) is 5.73. The number of nitrogens with zero attached hydrogens (tertiary/aromatic N) is 3. The number of fused-ring (bicyclic) bond motifs is 1. The quantitative estimate of drug-likeness (QED) is 0.593. The predicted molar refractivity (Wildman–Crippen MR) is 121 cm³/mol. The van der Waals surface area contributed by atoms with Crippen molar-refractivity contribution in [2.45, 2.75) is 52.2 Å². The van der Waals surface area contributed by atoms with E-state index in [0.29, 0.717) is 18.7 Å². The molecule has 3 atom stereocenters. The number of pyridine rings is 1. The van der Waals surface area contributed by atoms with E-state index >= 15 is 0 Å². The van der Waals surface area contributed by atoms with E-state index in [0.717, 1.165) is 12.1 Å². The van der Waals surface area contributed by atoms with Crippen LogP contribution in [-0.4, -0.2) is 51.1 Å². The first-order valence-electron chi connectivity index (χ1n) is 11.1. The molecule has 1 aliphatic rings. The van der Waals surface area contributed by atoms with Crippen LogP contribution in [0.5, 0.6) is 5.88 Å². The molecular weight excluding hydrogens is 465 g/mol. The van der Waals surface area contributed by atoms with Crippen molar-refractivity contribution in [1.29, 1.82) is 0 Å². The zero-order chi connectivity index (χ0) is 25.5. The van der Waals surface area contributed by atoms with Crippen molar-refractivity contribution >= 4 is 16.8 Å². The molecule has 2 aromatic heterocycles. The van der Waals surface area contributed by atoms with Gasteiger partial charge in [0.2, 0.25) is 5.88 Å². The van der Waals surface area contributed by atoms with Crippen LogP contribution in [0.4, 0.5) is 13.2 Å². The monoisotopic (exact) mass is 490 g/mol. The van der Waals surface area contributed by atoms with Gasteiger partial charge in [-0.15, -0.1) is 0 Å². The number of ether oxygens (including phenoxy) is 2. The second-order valence-electron chi connectivity index (χ2n) is 8.72. The summed E-state index contributed by atoms with van der Waals surface area (Å²) in [6, 6.07) is 4.95. The van der Waals surface area contributed by atoms with E-state index in [1.165, 1.54) is 32.2 Å². The SMILES string of the molecule is Cc1nc2cc(C(F)(F)F)c(C(C)Oc3ccc(C(=O)N4CC(C)OC(C)C4)cn3)cc2c(=O)[nH]1. The lowest BCUT2D eigenvalue weighted by atomic mass is 10.00. The van der Waals surface area contributed by atoms with E-state index < -0.39 is 23.4 Å². The standard InChI is InChI=1S/C24H25F3N4O4/c1-12-10-31(11-13(2)34-12)23(33)16-5-6-21(28-9-16)35-14(3)17-7-18-20(8-19(17)24(25,26)27)29-15(4)30-22(18)32/h5-9,12-14H,10-11H2,1-4H3,(H,29,30,32). The molecule has 0 aliphatic carbocycles. The number of amides is 1. The Morgan fingerprint density at radius 2 is 1.91 bits per heavy atom. The Hall–Kier alpha value is -3.47. The highest BCUT2D eigenvalue weighted by Gasteiger charge is 2.36. The first-order chi connectivity index (χ1) is 16.4. The lowest BCUT2D eigenvalue weighted by Crippen LogP contribution is -2.48. The number of aromatic amines is 1. The average Bonchev–Trinajstić information content (AvgIpc) is 2.77. The molecule has 3 aromatic rings. The van der Waals surface area contributed by atoms with E-state index in [1.807, 2.05) is 13.8 Å². The van der Waals surface area contributed by atoms with Crippen LogP contribution in [-0.2, 0) is 10.9 Å². The van der Waals surface area contributed by atoms with Gasteiger partial charge in [-0.05, 0) is 45.9 Å². The number of H-pyrrole nitrogens is 1. The van der Waals surface area contributed by atoms with Gasteiger partial charge in [0, 0.05) is 30.9 Å². The summed E-state index contributed by atoms with van der Waals surface area (Å²) in [5.41, 5.74) is -1.43. The van der Waals surface area contributed by atoms with Crippen LogP contribution in [0.3, 0.4) is 0 Å². The van der Waals surface area contributed by atoms with Crippen molar-refractivity contribution in [1.82, 2.24) is 19.9 Å². The maximum absolute atomic E-state index is 13.8. The molecule has 1 saturated heterocycles. The fraction of sp³-hybridized carbons (Fsp3) is 0.417. The van der Waals surface area contributed by atoms with Crippen LogP contribution in [0.25, 0.3) is 10.9 Å². The van der Waals surface area contributed by atoms with Gasteiger partial charge in [-0.1, -0.05) is 0 Å². The first-order valence-corrected chi connectivity index (χ1v) is 11.1. The molecule has 1 N–H and O–H groups in total. The molecule has 35 heavy (non-hydrogen) atoms. The number of halogens is 3. The molecule has 3 unspecified atom stereocenters. The van der Waals surface area contributed by atoms with Crippen LogP contribution in [0.15, 0.2) is 35.3 Å². The third-order valence-electron chi connectivity index (χ3n) is 5.73. The van der Waals surface area contributed by atoms with Gasteiger partial charge >= 0.3 is 6.18 Å². The fourth-order valence-electron chi connectivity index (χ4n) is 4.25. The van der Waals surface area contributed by atoms with E-state index in [-0.39, 0.29) is 46.3 Å². The molecule has 3 heterocycles. The average molecular weight is 490 g/mol. The van der Waals surface area contributed by atoms with Gasteiger partial charge in [0.1, 0.15) is 11.9 Å². The summed E-state index contributed by atoms with van der Waals surface area (Å²) in [5.74, 6) is 0.0458. The number of aryl methyl sites for hydroxylation is 1. The minimum Gasteiger partial charge on any atom is -0.470 e. The van der Waals surface area contributed by atoms with Crippen molar-refractivity contribution in [3.63, 3.8) is 0 Å². The molecule has 11 heteroatoms. The molecule has 0 radical (unpaired) electrons. The Bertz CT molecular complexity index is 1300. The Balaban J connectivity index is 1.59. The molecule has 0 saturated carbocycles. The Labute approximate surface area is 199 Å². The normalized spacial score (nSPS) is 19.6. The summed E-state index contributed by atoms with van der Waals surface area (Å²) in [7, 11) is 0. The summed E-state index contributed by atoms with van der Waals surface area (Å²) in [4.78, 5) is 37.4. The number of carbonyl (C=O) groups is 1. The van der Waals surface area contributed by atoms with Crippen LogP contribution < -0.4 is 10.3 Å². The number of hydrogen-bond donors (Lipinski definition) is 1.